The Hall–Kier alpha value is -2.03. The summed E-state index contributed by atoms with van der Waals surface area (Å²) in [7, 11) is 0. The van der Waals surface area contributed by atoms with E-state index in [9.17, 15) is 4.79 Å². The van der Waals surface area contributed by atoms with Crippen molar-refractivity contribution >= 4 is 63.3 Å². The molecule has 0 aliphatic carbocycles. The van der Waals surface area contributed by atoms with Gasteiger partial charge in [0.25, 0.3) is 5.91 Å². The third-order valence-electron chi connectivity index (χ3n) is 3.91. The molecule has 142 valence electrons. The van der Waals surface area contributed by atoms with Crippen LogP contribution in [-0.2, 0) is 6.54 Å². The molecule has 27 heavy (non-hydrogen) atoms. The molecule has 3 rings (SSSR count). The number of fused-ring (bicyclic) bond motifs is 1. The van der Waals surface area contributed by atoms with E-state index >= 15 is 0 Å². The molecule has 0 bridgehead atoms. The molecule has 2 N–H and O–H groups in total. The molecule has 3 aromatic heterocycles. The van der Waals surface area contributed by atoms with Crippen LogP contribution in [0.4, 0.5) is 11.4 Å². The molecule has 1 amide bonds. The number of nitrogens with one attached hydrogen (secondary N) is 2. The Bertz CT molecular complexity index is 957. The van der Waals surface area contributed by atoms with Gasteiger partial charge in [-0.3, -0.25) is 9.78 Å². The zero-order valence-corrected chi connectivity index (χ0v) is 17.1. The largest absolute Gasteiger partial charge is 0.383 e. The van der Waals surface area contributed by atoms with E-state index in [1.165, 1.54) is 18.6 Å². The van der Waals surface area contributed by atoms with Crippen LogP contribution in [0.3, 0.4) is 0 Å². The van der Waals surface area contributed by atoms with Crippen LogP contribution in [0.1, 0.15) is 17.3 Å². The first-order valence-corrected chi connectivity index (χ1v) is 10.4. The van der Waals surface area contributed by atoms with Crippen molar-refractivity contribution in [3.8, 4) is 0 Å². The van der Waals surface area contributed by atoms with Crippen LogP contribution in [0.2, 0.25) is 10.0 Å². The van der Waals surface area contributed by atoms with Gasteiger partial charge in [0, 0.05) is 37.4 Å². The maximum absolute atomic E-state index is 12.9. The van der Waals surface area contributed by atoms with Crippen LogP contribution in [0.15, 0.2) is 24.8 Å². The van der Waals surface area contributed by atoms with Crippen molar-refractivity contribution in [2.24, 2.45) is 0 Å². The number of hydrogen-bond acceptors (Lipinski definition) is 6. The lowest BCUT2D eigenvalue weighted by atomic mass is 10.1. The highest BCUT2D eigenvalue weighted by Crippen LogP contribution is 2.31. The Morgan fingerprint density at radius 2 is 1.93 bits per heavy atom. The lowest BCUT2D eigenvalue weighted by molar-refractivity contribution is 0.102. The lowest BCUT2D eigenvalue weighted by Gasteiger charge is -2.14. The summed E-state index contributed by atoms with van der Waals surface area (Å²) in [6.45, 7) is 3.38. The number of carbonyl (C=O) groups is 1. The minimum absolute atomic E-state index is 0.264. The minimum atomic E-state index is -0.365. The summed E-state index contributed by atoms with van der Waals surface area (Å²) in [5.41, 5.74) is 2.12. The highest BCUT2D eigenvalue weighted by molar-refractivity contribution is 7.98. The van der Waals surface area contributed by atoms with Crippen molar-refractivity contribution < 1.29 is 4.79 Å². The van der Waals surface area contributed by atoms with Gasteiger partial charge in [-0.05, 0) is 13.2 Å². The van der Waals surface area contributed by atoms with E-state index in [0.29, 0.717) is 30.0 Å². The molecule has 0 spiro atoms. The summed E-state index contributed by atoms with van der Waals surface area (Å²) in [6, 6.07) is 0. The number of nitrogens with zero attached hydrogens (tertiary/aromatic N) is 4. The van der Waals surface area contributed by atoms with Crippen LogP contribution in [-0.4, -0.2) is 44.2 Å². The molecule has 0 aliphatic rings. The van der Waals surface area contributed by atoms with E-state index in [1.54, 1.807) is 22.6 Å². The fourth-order valence-electron chi connectivity index (χ4n) is 2.61. The van der Waals surface area contributed by atoms with E-state index in [0.717, 1.165) is 16.8 Å². The number of anilines is 2. The summed E-state index contributed by atoms with van der Waals surface area (Å²) in [5, 5.41) is 11.8. The Morgan fingerprint density at radius 1 is 1.19 bits per heavy atom. The number of halogens is 2. The van der Waals surface area contributed by atoms with Crippen LogP contribution in [0, 0.1) is 0 Å². The molecule has 0 aromatic carbocycles. The number of hydrogen-bond donors (Lipinski definition) is 2. The second kappa shape index (κ2) is 8.77. The second-order valence-corrected chi connectivity index (χ2v) is 7.40. The van der Waals surface area contributed by atoms with Gasteiger partial charge in [0.1, 0.15) is 0 Å². The molecule has 3 aromatic rings. The maximum Gasteiger partial charge on any atom is 0.259 e. The normalized spacial score (nSPS) is 11.0. The molecule has 0 atom stereocenters. The third-order valence-corrected chi connectivity index (χ3v) is 5.10. The zero-order valence-electron chi connectivity index (χ0n) is 14.8. The van der Waals surface area contributed by atoms with Crippen molar-refractivity contribution in [3.63, 3.8) is 0 Å². The van der Waals surface area contributed by atoms with E-state index in [1.807, 2.05) is 13.2 Å². The van der Waals surface area contributed by atoms with Crippen molar-refractivity contribution in [1.82, 2.24) is 19.7 Å². The van der Waals surface area contributed by atoms with E-state index in [2.05, 4.69) is 25.7 Å². The van der Waals surface area contributed by atoms with Gasteiger partial charge < -0.3 is 10.6 Å². The minimum Gasteiger partial charge on any atom is -0.383 e. The smallest absolute Gasteiger partial charge is 0.259 e. The summed E-state index contributed by atoms with van der Waals surface area (Å²) >= 11 is 13.9. The van der Waals surface area contributed by atoms with Crippen molar-refractivity contribution in [2.45, 2.75) is 13.5 Å². The fourth-order valence-corrected chi connectivity index (χ4v) is 3.38. The quantitative estimate of drug-likeness (QED) is 0.553. The summed E-state index contributed by atoms with van der Waals surface area (Å²) < 4.78 is 1.79. The fraction of sp³-hybridized carbons (Fsp3) is 0.294. The number of aromatic nitrogens is 4. The molecule has 3 heterocycles. The zero-order chi connectivity index (χ0) is 19.4. The standard InChI is InChI=1S/C17H18Cl2N6OS/c1-3-25-16-10(7-23-25)14(21-4-5-27-2)11(6-22-16)17(26)24-15-12(18)8-20-9-13(15)19/h6-9H,3-5H2,1-2H3,(H,21,22)(H,20,24,26). The first kappa shape index (κ1) is 19.7. The van der Waals surface area contributed by atoms with E-state index in [-0.39, 0.29) is 16.0 Å². The Kier molecular flexibility index (Phi) is 6.41. The molecule has 0 saturated carbocycles. The van der Waals surface area contributed by atoms with Crippen LogP contribution >= 0.6 is 35.0 Å². The topological polar surface area (TPSA) is 84.7 Å². The number of rotatable bonds is 7. The molecule has 7 nitrogen and oxygen atoms in total. The van der Waals surface area contributed by atoms with Gasteiger partial charge in [-0.2, -0.15) is 16.9 Å². The monoisotopic (exact) mass is 424 g/mol. The van der Waals surface area contributed by atoms with Gasteiger partial charge in [-0.15, -0.1) is 0 Å². The van der Waals surface area contributed by atoms with Crippen LogP contribution in [0.25, 0.3) is 11.0 Å². The van der Waals surface area contributed by atoms with Gasteiger partial charge in [0.2, 0.25) is 0 Å². The number of aryl methyl sites for hydroxylation is 1. The second-order valence-electron chi connectivity index (χ2n) is 5.60. The van der Waals surface area contributed by atoms with E-state index in [4.69, 9.17) is 23.2 Å². The Labute approximate surface area is 170 Å². The van der Waals surface area contributed by atoms with Crippen molar-refractivity contribution in [1.29, 1.82) is 0 Å². The Balaban J connectivity index is 2.01. The van der Waals surface area contributed by atoms with Gasteiger partial charge in [-0.1, -0.05) is 23.2 Å². The average Bonchev–Trinajstić information content (AvgIpc) is 3.08. The Morgan fingerprint density at radius 3 is 2.59 bits per heavy atom. The molecule has 10 heteroatoms. The predicted octanol–water partition coefficient (Wildman–Crippen LogP) is 4.18. The summed E-state index contributed by atoms with van der Waals surface area (Å²) in [4.78, 5) is 21.2. The SMILES string of the molecule is CCn1ncc2c(NCCSC)c(C(=O)Nc3c(Cl)cncc3Cl)cnc21. The molecular weight excluding hydrogens is 407 g/mol. The van der Waals surface area contributed by atoms with Gasteiger partial charge >= 0.3 is 0 Å². The van der Waals surface area contributed by atoms with Crippen LogP contribution in [0.5, 0.6) is 0 Å². The first-order chi connectivity index (χ1) is 13.1. The molecular formula is C17H18Cl2N6OS. The molecule has 0 fully saturated rings. The maximum atomic E-state index is 12.9. The average molecular weight is 425 g/mol. The third kappa shape index (κ3) is 4.12. The van der Waals surface area contributed by atoms with Crippen LogP contribution < -0.4 is 10.6 Å². The van der Waals surface area contributed by atoms with Gasteiger partial charge in [0.05, 0.1) is 38.6 Å². The molecule has 0 unspecified atom stereocenters. The van der Waals surface area contributed by atoms with Crippen molar-refractivity contribution in [2.75, 3.05) is 29.2 Å². The molecule has 0 aliphatic heterocycles. The first-order valence-electron chi connectivity index (χ1n) is 8.24. The summed E-state index contributed by atoms with van der Waals surface area (Å²) in [5.74, 6) is 0.532. The molecule has 0 saturated heterocycles. The highest BCUT2D eigenvalue weighted by atomic mass is 35.5. The number of carbonyl (C=O) groups excluding carboxylic acids is 1. The van der Waals surface area contributed by atoms with Gasteiger partial charge in [-0.25, -0.2) is 9.67 Å². The molecule has 0 radical (unpaired) electrons. The summed E-state index contributed by atoms with van der Waals surface area (Å²) in [6.07, 6.45) is 8.13. The highest BCUT2D eigenvalue weighted by Gasteiger charge is 2.19. The van der Waals surface area contributed by atoms with Crippen molar-refractivity contribution in [3.05, 3.63) is 40.4 Å². The number of amides is 1. The number of pyridine rings is 2. The lowest BCUT2D eigenvalue weighted by Crippen LogP contribution is -2.17. The van der Waals surface area contributed by atoms with E-state index < -0.39 is 0 Å². The van der Waals surface area contributed by atoms with Gasteiger partial charge in [0.15, 0.2) is 5.65 Å². The predicted molar refractivity (Wildman–Crippen MR) is 112 cm³/mol. The number of thioether (sulfide) groups is 1.